The monoisotopic (exact) mass is 355 g/mol. The maximum atomic E-state index is 5.83. The average Bonchev–Trinajstić information content (AvgIpc) is 2.82. The Balaban J connectivity index is 2.33. The van der Waals surface area contributed by atoms with Crippen LogP contribution in [-0.2, 0) is 10.8 Å². The fraction of sp³-hybridized carbons (Fsp3) is 0.400. The van der Waals surface area contributed by atoms with Gasteiger partial charge in [-0.1, -0.05) is 55.5 Å². The van der Waals surface area contributed by atoms with E-state index in [2.05, 4.69) is 72.6 Å². The van der Waals surface area contributed by atoms with E-state index in [4.69, 9.17) is 4.42 Å². The quantitative estimate of drug-likeness (QED) is 0.572. The topological polar surface area (TPSA) is 26.0 Å². The minimum absolute atomic E-state index is 0.555. The van der Waals surface area contributed by atoms with Crippen molar-refractivity contribution in [2.24, 2.45) is 0 Å². The van der Waals surface area contributed by atoms with Crippen LogP contribution in [0.3, 0.4) is 0 Å². The Morgan fingerprint density at radius 2 is 1.89 bits per heavy atom. The van der Waals surface area contributed by atoms with Crippen LogP contribution >= 0.6 is 22.6 Å². The molecule has 0 saturated carbocycles. The van der Waals surface area contributed by atoms with Crippen LogP contribution in [0.1, 0.15) is 43.7 Å². The molecule has 0 spiro atoms. The lowest BCUT2D eigenvalue weighted by atomic mass is 10.0. The summed E-state index contributed by atoms with van der Waals surface area (Å²) in [6.07, 6.45) is 0.898. The highest BCUT2D eigenvalue weighted by Crippen LogP contribution is 2.25. The third kappa shape index (κ3) is 2.76. The Morgan fingerprint density at radius 3 is 2.33 bits per heavy atom. The van der Waals surface area contributed by atoms with E-state index in [1.807, 2.05) is 0 Å². The molecule has 0 fully saturated rings. The van der Waals surface area contributed by atoms with Gasteiger partial charge in [0.2, 0.25) is 5.89 Å². The summed E-state index contributed by atoms with van der Waals surface area (Å²) in [4.78, 5) is 4.57. The summed E-state index contributed by atoms with van der Waals surface area (Å²) in [6, 6.07) is 8.49. The number of hydrogen-bond acceptors (Lipinski definition) is 2. The van der Waals surface area contributed by atoms with E-state index >= 15 is 0 Å². The molecule has 1 aromatic carbocycles. The van der Waals surface area contributed by atoms with Gasteiger partial charge >= 0.3 is 0 Å². The molecule has 0 atom stereocenters. The average molecular weight is 355 g/mol. The Morgan fingerprint density at radius 1 is 1.22 bits per heavy atom. The van der Waals surface area contributed by atoms with Gasteiger partial charge in [-0.3, -0.25) is 0 Å². The minimum Gasteiger partial charge on any atom is -0.441 e. The van der Waals surface area contributed by atoms with E-state index in [0.717, 1.165) is 33.8 Å². The molecular weight excluding hydrogens is 337 g/mol. The standard InChI is InChI=1S/C15H18INO/c1-4-14-13(9-16)17-15(18-14)12-7-5-11(6-8-12)10(2)3/h5-8,10H,4,9H2,1-3H3. The van der Waals surface area contributed by atoms with Gasteiger partial charge in [-0.25, -0.2) is 4.98 Å². The second-order valence-electron chi connectivity index (χ2n) is 4.65. The molecule has 2 rings (SSSR count). The highest BCUT2D eigenvalue weighted by atomic mass is 127. The van der Waals surface area contributed by atoms with E-state index in [1.54, 1.807) is 0 Å². The number of oxazole rings is 1. The molecule has 3 heteroatoms. The second kappa shape index (κ2) is 5.87. The van der Waals surface area contributed by atoms with Crippen LogP contribution in [0, 0.1) is 0 Å². The number of hydrogen-bond donors (Lipinski definition) is 0. The summed E-state index contributed by atoms with van der Waals surface area (Å²) in [6.45, 7) is 6.50. The predicted octanol–water partition coefficient (Wildman–Crippen LogP) is 4.96. The van der Waals surface area contributed by atoms with Crippen molar-refractivity contribution in [1.82, 2.24) is 4.98 Å². The molecule has 18 heavy (non-hydrogen) atoms. The van der Waals surface area contributed by atoms with Gasteiger partial charge in [-0.15, -0.1) is 0 Å². The lowest BCUT2D eigenvalue weighted by Crippen LogP contribution is -1.87. The van der Waals surface area contributed by atoms with E-state index in [1.165, 1.54) is 5.56 Å². The SMILES string of the molecule is CCc1oc(-c2ccc(C(C)C)cc2)nc1CI. The van der Waals surface area contributed by atoms with Crippen molar-refractivity contribution in [3.05, 3.63) is 41.3 Å². The van der Waals surface area contributed by atoms with Crippen LogP contribution in [0.2, 0.25) is 0 Å². The number of nitrogens with zero attached hydrogens (tertiary/aromatic N) is 1. The summed E-state index contributed by atoms with van der Waals surface area (Å²) in [7, 11) is 0. The van der Waals surface area contributed by atoms with Gasteiger partial charge in [0, 0.05) is 16.4 Å². The van der Waals surface area contributed by atoms with Crippen molar-refractivity contribution in [3.8, 4) is 11.5 Å². The highest BCUT2D eigenvalue weighted by Gasteiger charge is 2.12. The maximum absolute atomic E-state index is 5.83. The molecule has 0 N–H and O–H groups in total. The zero-order valence-electron chi connectivity index (χ0n) is 11.0. The van der Waals surface area contributed by atoms with Crippen LogP contribution in [0.4, 0.5) is 0 Å². The van der Waals surface area contributed by atoms with Crippen LogP contribution in [0.5, 0.6) is 0 Å². The van der Waals surface area contributed by atoms with Gasteiger partial charge in [0.25, 0.3) is 0 Å². The van der Waals surface area contributed by atoms with Crippen LogP contribution in [-0.4, -0.2) is 4.98 Å². The zero-order chi connectivity index (χ0) is 13.1. The summed E-state index contributed by atoms with van der Waals surface area (Å²) >= 11 is 2.33. The van der Waals surface area contributed by atoms with Gasteiger partial charge in [0.1, 0.15) is 5.76 Å². The molecule has 0 aliphatic carbocycles. The Labute approximate surface area is 122 Å². The van der Waals surface area contributed by atoms with E-state index in [0.29, 0.717) is 5.92 Å². The Bertz CT molecular complexity index is 492. The Kier molecular flexibility index (Phi) is 4.43. The largest absolute Gasteiger partial charge is 0.441 e. The minimum atomic E-state index is 0.555. The van der Waals surface area contributed by atoms with Crippen LogP contribution < -0.4 is 0 Å². The molecule has 0 radical (unpaired) electrons. The fourth-order valence-corrected chi connectivity index (χ4v) is 2.49. The number of benzene rings is 1. The maximum Gasteiger partial charge on any atom is 0.226 e. The number of rotatable bonds is 4. The predicted molar refractivity (Wildman–Crippen MR) is 83.1 cm³/mol. The highest BCUT2D eigenvalue weighted by molar-refractivity contribution is 14.1. The first-order chi connectivity index (χ1) is 8.65. The van der Waals surface area contributed by atoms with Crippen molar-refractivity contribution in [2.45, 2.75) is 37.5 Å². The van der Waals surface area contributed by atoms with Gasteiger partial charge in [-0.05, 0) is 23.6 Å². The van der Waals surface area contributed by atoms with Crippen LogP contribution in [0.15, 0.2) is 28.7 Å². The first-order valence-corrected chi connectivity index (χ1v) is 7.83. The lowest BCUT2D eigenvalue weighted by molar-refractivity contribution is 0.522. The van der Waals surface area contributed by atoms with Crippen molar-refractivity contribution in [3.63, 3.8) is 0 Å². The summed E-state index contributed by atoms with van der Waals surface area (Å²) < 4.78 is 6.72. The van der Waals surface area contributed by atoms with Crippen molar-refractivity contribution in [2.75, 3.05) is 0 Å². The van der Waals surface area contributed by atoms with E-state index in [-0.39, 0.29) is 0 Å². The Hall–Kier alpha value is -0.840. The van der Waals surface area contributed by atoms with E-state index in [9.17, 15) is 0 Å². The summed E-state index contributed by atoms with van der Waals surface area (Å²) in [5.41, 5.74) is 3.47. The van der Waals surface area contributed by atoms with E-state index < -0.39 is 0 Å². The van der Waals surface area contributed by atoms with Crippen LogP contribution in [0.25, 0.3) is 11.5 Å². The van der Waals surface area contributed by atoms with Crippen molar-refractivity contribution < 1.29 is 4.42 Å². The number of aryl methyl sites for hydroxylation is 1. The van der Waals surface area contributed by atoms with Gasteiger partial charge in [-0.2, -0.15) is 0 Å². The number of halogens is 1. The summed E-state index contributed by atoms with van der Waals surface area (Å²) in [5.74, 6) is 2.31. The van der Waals surface area contributed by atoms with Gasteiger partial charge in [0.15, 0.2) is 0 Å². The van der Waals surface area contributed by atoms with Gasteiger partial charge in [0.05, 0.1) is 5.69 Å². The second-order valence-corrected chi connectivity index (χ2v) is 5.42. The number of aromatic nitrogens is 1. The molecule has 96 valence electrons. The molecule has 0 bridgehead atoms. The van der Waals surface area contributed by atoms with Gasteiger partial charge < -0.3 is 4.42 Å². The third-order valence-electron chi connectivity index (χ3n) is 3.05. The molecule has 0 amide bonds. The van der Waals surface area contributed by atoms with Crippen molar-refractivity contribution >= 4 is 22.6 Å². The molecule has 2 aromatic rings. The third-order valence-corrected chi connectivity index (χ3v) is 3.77. The molecule has 1 aromatic heterocycles. The first-order valence-electron chi connectivity index (χ1n) is 6.30. The lowest BCUT2D eigenvalue weighted by Gasteiger charge is -2.04. The molecule has 0 aliphatic heterocycles. The van der Waals surface area contributed by atoms with Crippen molar-refractivity contribution in [1.29, 1.82) is 0 Å². The number of alkyl halides is 1. The summed E-state index contributed by atoms with van der Waals surface area (Å²) in [5, 5.41) is 0. The first kappa shape index (κ1) is 13.6. The molecule has 0 saturated heterocycles. The molecule has 2 nitrogen and oxygen atoms in total. The fourth-order valence-electron chi connectivity index (χ4n) is 1.90. The molecule has 1 heterocycles. The molecule has 0 aliphatic rings. The smallest absolute Gasteiger partial charge is 0.226 e. The molecular formula is C15H18INO. The molecule has 0 unspecified atom stereocenters. The zero-order valence-corrected chi connectivity index (χ0v) is 13.2. The normalized spacial score (nSPS) is 11.2.